The number of nitrogens with two attached hydrogens (primary N) is 1. The summed E-state index contributed by atoms with van der Waals surface area (Å²) in [5.41, 5.74) is 8.51. The molecule has 104 valence electrons. The van der Waals surface area contributed by atoms with Crippen molar-refractivity contribution in [1.29, 1.82) is 0 Å². The summed E-state index contributed by atoms with van der Waals surface area (Å²) in [5, 5.41) is 4.58. The van der Waals surface area contributed by atoms with Crippen LogP contribution in [0.15, 0.2) is 4.47 Å². The lowest BCUT2D eigenvalue weighted by atomic mass is 10.0. The minimum absolute atomic E-state index is 0.00278. The predicted octanol–water partition coefficient (Wildman–Crippen LogP) is 2.52. The first-order valence-electron chi connectivity index (χ1n) is 6.61. The first-order chi connectivity index (χ1) is 8.58. The van der Waals surface area contributed by atoms with Crippen LogP contribution in [0.4, 0.5) is 0 Å². The molecule has 0 aliphatic rings. The molecule has 0 fully saturated rings. The molecule has 0 saturated heterocycles. The molecule has 0 aliphatic heterocycles. The fourth-order valence-electron chi connectivity index (χ4n) is 2.21. The van der Waals surface area contributed by atoms with Gasteiger partial charge in [-0.25, -0.2) is 0 Å². The Labute approximate surface area is 118 Å². The largest absolute Gasteiger partial charge is 0.380 e. The number of ether oxygens (including phenoxy) is 1. The molecule has 0 aromatic carbocycles. The van der Waals surface area contributed by atoms with Gasteiger partial charge in [-0.2, -0.15) is 5.10 Å². The van der Waals surface area contributed by atoms with Gasteiger partial charge < -0.3 is 10.5 Å². The van der Waals surface area contributed by atoms with Crippen LogP contribution in [0.25, 0.3) is 0 Å². The Balaban J connectivity index is 2.92. The molecule has 5 heteroatoms. The number of aryl methyl sites for hydroxylation is 2. The zero-order valence-corrected chi connectivity index (χ0v) is 13.3. The number of hydrogen-bond acceptors (Lipinski definition) is 3. The maximum Gasteiger partial charge on any atom is 0.0766 e. The van der Waals surface area contributed by atoms with E-state index in [1.807, 2.05) is 4.68 Å². The molecular formula is C13H24BrN3O. The average molecular weight is 318 g/mol. The average Bonchev–Trinajstić information content (AvgIpc) is 2.68. The number of nitrogens with zero attached hydrogens (tertiary/aromatic N) is 2. The smallest absolute Gasteiger partial charge is 0.0766 e. The lowest BCUT2D eigenvalue weighted by Gasteiger charge is -2.21. The second kappa shape index (κ2) is 7.26. The van der Waals surface area contributed by atoms with Crippen LogP contribution in [0.5, 0.6) is 0 Å². The van der Waals surface area contributed by atoms with Crippen LogP contribution in [0.2, 0.25) is 0 Å². The summed E-state index contributed by atoms with van der Waals surface area (Å²) < 4.78 is 8.55. The van der Waals surface area contributed by atoms with Crippen LogP contribution in [-0.4, -0.2) is 29.0 Å². The van der Waals surface area contributed by atoms with E-state index in [0.29, 0.717) is 0 Å². The van der Waals surface area contributed by atoms with E-state index in [4.69, 9.17) is 10.5 Å². The second-order valence-electron chi connectivity index (χ2n) is 4.43. The van der Waals surface area contributed by atoms with Crippen molar-refractivity contribution in [3.63, 3.8) is 0 Å². The highest BCUT2D eigenvalue weighted by Crippen LogP contribution is 2.24. The molecule has 1 aromatic heterocycles. The summed E-state index contributed by atoms with van der Waals surface area (Å²) >= 11 is 3.64. The zero-order valence-electron chi connectivity index (χ0n) is 11.7. The van der Waals surface area contributed by atoms with E-state index in [1.165, 1.54) is 5.69 Å². The van der Waals surface area contributed by atoms with Crippen molar-refractivity contribution in [3.05, 3.63) is 15.9 Å². The molecule has 1 aromatic rings. The summed E-state index contributed by atoms with van der Waals surface area (Å²) in [6.07, 6.45) is 2.74. The van der Waals surface area contributed by atoms with Crippen molar-refractivity contribution >= 4 is 15.9 Å². The van der Waals surface area contributed by atoms with Crippen molar-refractivity contribution < 1.29 is 4.74 Å². The lowest BCUT2D eigenvalue weighted by molar-refractivity contribution is 0.0767. The number of aromatic nitrogens is 2. The summed E-state index contributed by atoms with van der Waals surface area (Å²) in [6, 6.07) is 0.00278. The van der Waals surface area contributed by atoms with Crippen LogP contribution in [0.3, 0.4) is 0 Å². The van der Waals surface area contributed by atoms with Crippen molar-refractivity contribution in [2.45, 2.75) is 58.7 Å². The number of rotatable bonds is 7. The molecule has 1 rings (SSSR count). The lowest BCUT2D eigenvalue weighted by Crippen LogP contribution is -2.38. The molecular weight excluding hydrogens is 294 g/mol. The van der Waals surface area contributed by atoms with Crippen LogP contribution >= 0.6 is 15.9 Å². The van der Waals surface area contributed by atoms with E-state index >= 15 is 0 Å². The minimum Gasteiger partial charge on any atom is -0.380 e. The Morgan fingerprint density at radius 3 is 2.50 bits per heavy atom. The van der Waals surface area contributed by atoms with Gasteiger partial charge >= 0.3 is 0 Å². The third kappa shape index (κ3) is 3.33. The predicted molar refractivity (Wildman–Crippen MR) is 77.7 cm³/mol. The van der Waals surface area contributed by atoms with Gasteiger partial charge in [-0.1, -0.05) is 13.8 Å². The topological polar surface area (TPSA) is 53.1 Å². The van der Waals surface area contributed by atoms with Gasteiger partial charge in [0.1, 0.15) is 0 Å². The molecule has 0 aliphatic carbocycles. The number of methoxy groups -OCH3 is 1. The van der Waals surface area contributed by atoms with Crippen LogP contribution < -0.4 is 5.73 Å². The van der Waals surface area contributed by atoms with Gasteiger partial charge in [-0.05, 0) is 35.7 Å². The Hall–Kier alpha value is -0.390. The fraction of sp³-hybridized carbons (Fsp3) is 0.769. The fourth-order valence-corrected chi connectivity index (χ4v) is 2.94. The molecule has 2 atom stereocenters. The molecule has 2 N–H and O–H groups in total. The Bertz CT molecular complexity index is 375. The second-order valence-corrected chi connectivity index (χ2v) is 5.22. The van der Waals surface area contributed by atoms with E-state index in [9.17, 15) is 0 Å². The van der Waals surface area contributed by atoms with Gasteiger partial charge in [-0.3, -0.25) is 4.68 Å². The van der Waals surface area contributed by atoms with Gasteiger partial charge in [0, 0.05) is 26.1 Å². The van der Waals surface area contributed by atoms with Crippen LogP contribution in [0, 0.1) is 0 Å². The van der Waals surface area contributed by atoms with E-state index in [-0.39, 0.29) is 12.1 Å². The number of hydrogen-bond donors (Lipinski definition) is 1. The van der Waals surface area contributed by atoms with Gasteiger partial charge in [0.25, 0.3) is 0 Å². The van der Waals surface area contributed by atoms with Gasteiger partial charge in [0.05, 0.1) is 22.0 Å². The molecule has 1 heterocycles. The molecule has 0 amide bonds. The molecule has 2 unspecified atom stereocenters. The molecule has 0 spiro atoms. The van der Waals surface area contributed by atoms with Crippen molar-refractivity contribution in [2.24, 2.45) is 5.73 Å². The molecule has 18 heavy (non-hydrogen) atoms. The Morgan fingerprint density at radius 2 is 2.06 bits per heavy atom. The number of halogens is 1. The normalized spacial score (nSPS) is 14.8. The van der Waals surface area contributed by atoms with E-state index < -0.39 is 0 Å². The molecule has 0 saturated carbocycles. The highest BCUT2D eigenvalue weighted by molar-refractivity contribution is 9.10. The van der Waals surface area contributed by atoms with Crippen molar-refractivity contribution in [3.8, 4) is 0 Å². The van der Waals surface area contributed by atoms with E-state index in [2.05, 4.69) is 41.8 Å². The van der Waals surface area contributed by atoms with Crippen molar-refractivity contribution in [2.75, 3.05) is 7.11 Å². The summed E-state index contributed by atoms with van der Waals surface area (Å²) in [7, 11) is 1.72. The maximum absolute atomic E-state index is 6.23. The third-order valence-electron chi connectivity index (χ3n) is 3.31. The van der Waals surface area contributed by atoms with Crippen LogP contribution in [-0.2, 0) is 24.1 Å². The standard InChI is InChI=1S/C13H24BrN3O/c1-5-10-13(14)11(17(7-3)16-10)8-9(15)12(6-2)18-4/h9,12H,5-8,15H2,1-4H3. The Morgan fingerprint density at radius 1 is 1.39 bits per heavy atom. The summed E-state index contributed by atoms with van der Waals surface area (Å²) in [5.74, 6) is 0. The summed E-state index contributed by atoms with van der Waals surface area (Å²) in [4.78, 5) is 0. The monoisotopic (exact) mass is 317 g/mol. The van der Waals surface area contributed by atoms with Gasteiger partial charge in [-0.15, -0.1) is 0 Å². The first-order valence-corrected chi connectivity index (χ1v) is 7.40. The van der Waals surface area contributed by atoms with Crippen LogP contribution in [0.1, 0.15) is 38.6 Å². The van der Waals surface area contributed by atoms with Crippen molar-refractivity contribution in [1.82, 2.24) is 9.78 Å². The summed E-state index contributed by atoms with van der Waals surface area (Å²) in [6.45, 7) is 7.17. The highest BCUT2D eigenvalue weighted by Gasteiger charge is 2.21. The maximum atomic E-state index is 6.23. The van der Waals surface area contributed by atoms with E-state index in [0.717, 1.165) is 36.0 Å². The molecule has 0 bridgehead atoms. The quantitative estimate of drug-likeness (QED) is 0.840. The van der Waals surface area contributed by atoms with E-state index in [1.54, 1.807) is 7.11 Å². The highest BCUT2D eigenvalue weighted by atomic mass is 79.9. The zero-order chi connectivity index (χ0) is 13.7. The third-order valence-corrected chi connectivity index (χ3v) is 4.22. The van der Waals surface area contributed by atoms with Gasteiger partial charge in [0.15, 0.2) is 0 Å². The van der Waals surface area contributed by atoms with Gasteiger partial charge in [0.2, 0.25) is 0 Å². The molecule has 0 radical (unpaired) electrons. The first kappa shape index (κ1) is 15.7. The Kier molecular flexibility index (Phi) is 6.32. The minimum atomic E-state index is 0.00278. The molecule has 4 nitrogen and oxygen atoms in total. The SMILES string of the molecule is CCc1nn(CC)c(CC(N)C(CC)OC)c1Br.